The fraction of sp³-hybridized carbons (Fsp3) is 0.0714. The summed E-state index contributed by atoms with van der Waals surface area (Å²) in [6.07, 6.45) is 0. The molecule has 0 aliphatic carbocycles. The van der Waals surface area contributed by atoms with Crippen LogP contribution in [0.3, 0.4) is 0 Å². The lowest BCUT2D eigenvalue weighted by molar-refractivity contribution is -0.113. The van der Waals surface area contributed by atoms with Crippen LogP contribution < -0.4 is 11.1 Å². The summed E-state index contributed by atoms with van der Waals surface area (Å²) in [4.78, 5) is 12.4. The quantitative estimate of drug-likeness (QED) is 0.660. The van der Waals surface area contributed by atoms with Gasteiger partial charge in [0.2, 0.25) is 5.91 Å². The van der Waals surface area contributed by atoms with E-state index in [1.807, 2.05) is 0 Å². The monoisotopic (exact) mass is 328 g/mol. The Morgan fingerprint density at radius 1 is 1.24 bits per heavy atom. The highest BCUT2D eigenvalue weighted by atomic mass is 35.5. The fourth-order valence-electron chi connectivity index (χ4n) is 1.56. The minimum atomic E-state index is -0.697. The highest BCUT2D eigenvalue weighted by Gasteiger charge is 2.10. The molecule has 0 spiro atoms. The van der Waals surface area contributed by atoms with Gasteiger partial charge < -0.3 is 11.1 Å². The van der Waals surface area contributed by atoms with E-state index in [4.69, 9.17) is 17.3 Å². The molecule has 110 valence electrons. The average Bonchev–Trinajstić information content (AvgIpc) is 2.44. The molecule has 7 heteroatoms. The van der Waals surface area contributed by atoms with Crippen LogP contribution in [0.1, 0.15) is 0 Å². The number of hydrogen-bond acceptors (Lipinski definition) is 3. The highest BCUT2D eigenvalue weighted by molar-refractivity contribution is 8.00. The molecule has 2 rings (SSSR count). The van der Waals surface area contributed by atoms with Gasteiger partial charge in [-0.3, -0.25) is 4.79 Å². The van der Waals surface area contributed by atoms with E-state index < -0.39 is 17.5 Å². The molecule has 0 bridgehead atoms. The van der Waals surface area contributed by atoms with E-state index in [9.17, 15) is 13.6 Å². The van der Waals surface area contributed by atoms with Gasteiger partial charge in [-0.25, -0.2) is 8.78 Å². The zero-order chi connectivity index (χ0) is 15.4. The van der Waals surface area contributed by atoms with Crippen LogP contribution in [-0.2, 0) is 4.79 Å². The number of benzene rings is 2. The summed E-state index contributed by atoms with van der Waals surface area (Å²) < 4.78 is 26.4. The van der Waals surface area contributed by atoms with E-state index in [1.165, 1.54) is 0 Å². The van der Waals surface area contributed by atoms with Crippen LogP contribution in [0.5, 0.6) is 0 Å². The van der Waals surface area contributed by atoms with Gasteiger partial charge in [0.15, 0.2) is 0 Å². The van der Waals surface area contributed by atoms with E-state index >= 15 is 0 Å². The van der Waals surface area contributed by atoms with Gasteiger partial charge in [-0.15, -0.1) is 11.8 Å². The minimum Gasteiger partial charge on any atom is -0.398 e. The van der Waals surface area contributed by atoms with Crippen molar-refractivity contribution in [1.29, 1.82) is 0 Å². The zero-order valence-corrected chi connectivity index (χ0v) is 12.3. The molecule has 0 saturated carbocycles. The van der Waals surface area contributed by atoms with Gasteiger partial charge in [-0.2, -0.15) is 0 Å². The van der Waals surface area contributed by atoms with Crippen LogP contribution in [0.4, 0.5) is 20.2 Å². The van der Waals surface area contributed by atoms with Gasteiger partial charge >= 0.3 is 0 Å². The van der Waals surface area contributed by atoms with Crippen molar-refractivity contribution in [2.24, 2.45) is 0 Å². The summed E-state index contributed by atoms with van der Waals surface area (Å²) in [5, 5.41) is 2.81. The number of nitrogens with two attached hydrogens (primary N) is 1. The molecule has 1 amide bonds. The van der Waals surface area contributed by atoms with Crippen molar-refractivity contribution < 1.29 is 13.6 Å². The summed E-state index contributed by atoms with van der Waals surface area (Å²) in [6.45, 7) is 0. The number of hydrogen-bond donors (Lipinski definition) is 2. The number of anilines is 2. The molecule has 0 radical (unpaired) electrons. The van der Waals surface area contributed by atoms with Crippen LogP contribution in [0.2, 0.25) is 5.02 Å². The first kappa shape index (κ1) is 15.6. The summed E-state index contributed by atoms with van der Waals surface area (Å²) in [7, 11) is 0. The summed E-state index contributed by atoms with van der Waals surface area (Å²) in [5.74, 6) is -1.79. The molecule has 0 saturated heterocycles. The average molecular weight is 329 g/mol. The Bertz CT molecular complexity index is 682. The molecule has 0 aromatic heterocycles. The standard InChI is InChI=1S/C14H11ClF2N2OS/c15-8-1-4-11(18)13(5-8)21-7-14(20)19-12-6-9(16)2-3-10(12)17/h1-6H,7,18H2,(H,19,20). The molecule has 0 atom stereocenters. The maximum absolute atomic E-state index is 13.4. The van der Waals surface area contributed by atoms with E-state index in [0.29, 0.717) is 15.6 Å². The number of rotatable bonds is 4. The van der Waals surface area contributed by atoms with Crippen molar-refractivity contribution in [2.75, 3.05) is 16.8 Å². The third-order valence-corrected chi connectivity index (χ3v) is 3.84. The third kappa shape index (κ3) is 4.34. The van der Waals surface area contributed by atoms with Crippen LogP contribution >= 0.6 is 23.4 Å². The Hall–Kier alpha value is -1.79. The number of nitrogen functional groups attached to an aromatic ring is 1. The van der Waals surface area contributed by atoms with E-state index in [0.717, 1.165) is 30.0 Å². The predicted molar refractivity (Wildman–Crippen MR) is 81.6 cm³/mol. The van der Waals surface area contributed by atoms with Gasteiger partial charge in [0.05, 0.1) is 11.4 Å². The lowest BCUT2D eigenvalue weighted by atomic mass is 10.3. The van der Waals surface area contributed by atoms with Gasteiger partial charge in [0.25, 0.3) is 0 Å². The van der Waals surface area contributed by atoms with Crippen LogP contribution in [0.15, 0.2) is 41.3 Å². The molecule has 3 nitrogen and oxygen atoms in total. The highest BCUT2D eigenvalue weighted by Crippen LogP contribution is 2.28. The van der Waals surface area contributed by atoms with Crippen LogP contribution in [0.25, 0.3) is 0 Å². The van der Waals surface area contributed by atoms with Crippen LogP contribution in [-0.4, -0.2) is 11.7 Å². The van der Waals surface area contributed by atoms with Gasteiger partial charge in [-0.1, -0.05) is 11.6 Å². The zero-order valence-electron chi connectivity index (χ0n) is 10.7. The van der Waals surface area contributed by atoms with Crippen molar-refractivity contribution in [3.63, 3.8) is 0 Å². The first-order chi connectivity index (χ1) is 9.95. The molecule has 21 heavy (non-hydrogen) atoms. The van der Waals surface area contributed by atoms with E-state index in [2.05, 4.69) is 5.32 Å². The third-order valence-electron chi connectivity index (χ3n) is 2.54. The summed E-state index contributed by atoms with van der Waals surface area (Å²) >= 11 is 7.00. The van der Waals surface area contributed by atoms with Crippen molar-refractivity contribution >= 4 is 40.6 Å². The molecule has 2 aromatic carbocycles. The van der Waals surface area contributed by atoms with Crippen molar-refractivity contribution in [3.05, 3.63) is 53.1 Å². The molecule has 0 aliphatic heterocycles. The topological polar surface area (TPSA) is 55.1 Å². The summed E-state index contributed by atoms with van der Waals surface area (Å²) in [5.41, 5.74) is 6.05. The number of halogens is 3. The second kappa shape index (κ2) is 6.78. The molecule has 2 aromatic rings. The molecule has 0 unspecified atom stereocenters. The van der Waals surface area contributed by atoms with Crippen molar-refractivity contribution in [3.8, 4) is 0 Å². The number of thioether (sulfide) groups is 1. The number of carbonyl (C=O) groups is 1. The number of amides is 1. The van der Waals surface area contributed by atoms with Gasteiger partial charge in [0, 0.05) is 21.7 Å². The normalized spacial score (nSPS) is 10.4. The maximum Gasteiger partial charge on any atom is 0.234 e. The van der Waals surface area contributed by atoms with Gasteiger partial charge in [-0.05, 0) is 30.3 Å². The van der Waals surface area contributed by atoms with E-state index in [-0.39, 0.29) is 11.4 Å². The smallest absolute Gasteiger partial charge is 0.234 e. The first-order valence-corrected chi connectivity index (χ1v) is 7.25. The minimum absolute atomic E-state index is 0.000492. The molecule has 0 aliphatic rings. The Labute approximate surface area is 129 Å². The molecule has 3 N–H and O–H groups in total. The number of carbonyl (C=O) groups excluding carboxylic acids is 1. The maximum atomic E-state index is 13.4. The Morgan fingerprint density at radius 2 is 2.00 bits per heavy atom. The van der Waals surface area contributed by atoms with E-state index in [1.54, 1.807) is 18.2 Å². The predicted octanol–water partition coefficient (Wildman–Crippen LogP) is 3.93. The second-order valence-electron chi connectivity index (χ2n) is 4.14. The molecule has 0 heterocycles. The SMILES string of the molecule is Nc1ccc(Cl)cc1SCC(=O)Nc1cc(F)ccc1F. The Kier molecular flexibility index (Phi) is 5.03. The lowest BCUT2D eigenvalue weighted by Crippen LogP contribution is -2.15. The molecular formula is C14H11ClF2N2OS. The fourth-order valence-corrected chi connectivity index (χ4v) is 2.60. The summed E-state index contributed by atoms with van der Waals surface area (Å²) in [6, 6.07) is 7.76. The molecular weight excluding hydrogens is 318 g/mol. The van der Waals surface area contributed by atoms with Crippen molar-refractivity contribution in [2.45, 2.75) is 4.90 Å². The number of nitrogens with one attached hydrogen (secondary N) is 1. The second-order valence-corrected chi connectivity index (χ2v) is 5.60. The molecule has 0 fully saturated rings. The van der Waals surface area contributed by atoms with Gasteiger partial charge in [0.1, 0.15) is 11.6 Å². The van der Waals surface area contributed by atoms with Crippen molar-refractivity contribution in [1.82, 2.24) is 0 Å². The largest absolute Gasteiger partial charge is 0.398 e. The Morgan fingerprint density at radius 3 is 2.76 bits per heavy atom. The Balaban J connectivity index is 1.99. The van der Waals surface area contributed by atoms with Crippen LogP contribution in [0, 0.1) is 11.6 Å². The first-order valence-electron chi connectivity index (χ1n) is 5.88. The lowest BCUT2D eigenvalue weighted by Gasteiger charge is -2.08.